The largest absolute Gasteiger partial charge is 0.469 e. The molecule has 1 aromatic carbocycles. The molecule has 0 aliphatic heterocycles. The Labute approximate surface area is 106 Å². The van der Waals surface area contributed by atoms with Crippen molar-refractivity contribution in [3.05, 3.63) is 59.3 Å². The van der Waals surface area contributed by atoms with Crippen LogP contribution in [0.25, 0.3) is 0 Å². The van der Waals surface area contributed by atoms with Crippen molar-refractivity contribution in [1.82, 2.24) is 0 Å². The molecular weight excluding hydrogens is 264 g/mol. The highest BCUT2D eigenvalue weighted by Gasteiger charge is 2.34. The van der Waals surface area contributed by atoms with E-state index in [1.165, 1.54) is 6.26 Å². The smallest absolute Gasteiger partial charge is 0.419 e. The molecule has 0 amide bonds. The Morgan fingerprint density at radius 2 is 1.95 bits per heavy atom. The second kappa shape index (κ2) is 5.05. The lowest BCUT2D eigenvalue weighted by molar-refractivity contribution is -0.140. The van der Waals surface area contributed by atoms with Gasteiger partial charge < -0.3 is 9.52 Å². The van der Waals surface area contributed by atoms with Crippen LogP contribution in [-0.4, -0.2) is 5.11 Å². The van der Waals surface area contributed by atoms with E-state index >= 15 is 0 Å². The van der Waals surface area contributed by atoms with Crippen molar-refractivity contribution >= 4 is 0 Å². The van der Waals surface area contributed by atoms with Crippen molar-refractivity contribution in [2.45, 2.75) is 18.7 Å². The van der Waals surface area contributed by atoms with Gasteiger partial charge in [-0.1, -0.05) is 6.07 Å². The van der Waals surface area contributed by atoms with Crippen LogP contribution in [0.3, 0.4) is 0 Å². The zero-order valence-corrected chi connectivity index (χ0v) is 9.62. The Bertz CT molecular complexity index is 546. The number of aliphatic hydroxyl groups excluding tert-OH is 1. The zero-order chi connectivity index (χ0) is 14.0. The highest BCUT2D eigenvalue weighted by Crippen LogP contribution is 2.33. The number of hydrogen-bond acceptors (Lipinski definition) is 2. The first-order valence-electron chi connectivity index (χ1n) is 5.45. The summed E-state index contributed by atoms with van der Waals surface area (Å²) >= 11 is 0. The molecule has 1 atom stereocenters. The van der Waals surface area contributed by atoms with Crippen LogP contribution in [-0.2, 0) is 12.6 Å². The second-order valence-corrected chi connectivity index (χ2v) is 4.04. The van der Waals surface area contributed by atoms with E-state index in [1.54, 1.807) is 12.1 Å². The molecule has 0 saturated heterocycles. The van der Waals surface area contributed by atoms with Crippen LogP contribution >= 0.6 is 0 Å². The lowest BCUT2D eigenvalue weighted by atomic mass is 10.0. The van der Waals surface area contributed by atoms with Gasteiger partial charge in [0.05, 0.1) is 17.9 Å². The fourth-order valence-corrected chi connectivity index (χ4v) is 1.70. The highest BCUT2D eigenvalue weighted by molar-refractivity contribution is 5.29. The van der Waals surface area contributed by atoms with Gasteiger partial charge in [0.25, 0.3) is 0 Å². The summed E-state index contributed by atoms with van der Waals surface area (Å²) in [5.41, 5.74) is -1.39. The van der Waals surface area contributed by atoms with Gasteiger partial charge in [-0.05, 0) is 29.8 Å². The van der Waals surface area contributed by atoms with Gasteiger partial charge in [0, 0.05) is 6.42 Å². The van der Waals surface area contributed by atoms with Gasteiger partial charge in [-0.3, -0.25) is 0 Å². The van der Waals surface area contributed by atoms with Crippen molar-refractivity contribution in [3.8, 4) is 0 Å². The first kappa shape index (κ1) is 13.6. The number of rotatable bonds is 3. The number of hydrogen-bond donors (Lipinski definition) is 1. The van der Waals surface area contributed by atoms with E-state index in [-0.39, 0.29) is 12.0 Å². The Kier molecular flexibility index (Phi) is 3.61. The van der Waals surface area contributed by atoms with Gasteiger partial charge in [0.2, 0.25) is 0 Å². The van der Waals surface area contributed by atoms with Gasteiger partial charge in [-0.2, -0.15) is 13.2 Å². The fraction of sp³-hybridized carbons (Fsp3) is 0.231. The molecule has 0 bridgehead atoms. The van der Waals surface area contributed by atoms with Crippen LogP contribution < -0.4 is 0 Å². The average Bonchev–Trinajstić information content (AvgIpc) is 2.80. The van der Waals surface area contributed by atoms with Crippen LogP contribution in [0.5, 0.6) is 0 Å². The average molecular weight is 274 g/mol. The Morgan fingerprint density at radius 3 is 2.53 bits per heavy atom. The zero-order valence-electron chi connectivity index (χ0n) is 9.62. The first-order chi connectivity index (χ1) is 8.88. The monoisotopic (exact) mass is 274 g/mol. The van der Waals surface area contributed by atoms with Crippen molar-refractivity contribution in [3.63, 3.8) is 0 Å². The van der Waals surface area contributed by atoms with E-state index in [0.717, 1.165) is 6.07 Å². The molecule has 19 heavy (non-hydrogen) atoms. The van der Waals surface area contributed by atoms with Gasteiger partial charge >= 0.3 is 6.18 Å². The summed E-state index contributed by atoms with van der Waals surface area (Å²) in [7, 11) is 0. The minimum Gasteiger partial charge on any atom is -0.469 e. The van der Waals surface area contributed by atoms with Crippen LogP contribution in [0.4, 0.5) is 17.6 Å². The normalized spacial score (nSPS) is 13.5. The van der Waals surface area contributed by atoms with E-state index in [1.807, 2.05) is 0 Å². The summed E-state index contributed by atoms with van der Waals surface area (Å²) in [6.45, 7) is 0. The highest BCUT2D eigenvalue weighted by atomic mass is 19.4. The van der Waals surface area contributed by atoms with E-state index < -0.39 is 23.7 Å². The van der Waals surface area contributed by atoms with Crippen molar-refractivity contribution in [1.29, 1.82) is 0 Å². The molecule has 2 nitrogen and oxygen atoms in total. The maximum atomic E-state index is 13.1. The van der Waals surface area contributed by atoms with E-state index in [2.05, 4.69) is 0 Å². The summed E-state index contributed by atoms with van der Waals surface area (Å²) in [4.78, 5) is 0. The van der Waals surface area contributed by atoms with Crippen LogP contribution in [0, 0.1) is 5.82 Å². The maximum Gasteiger partial charge on any atom is 0.419 e. The number of furan rings is 1. The molecule has 102 valence electrons. The minimum absolute atomic E-state index is 0.00914. The van der Waals surface area contributed by atoms with E-state index in [9.17, 15) is 22.7 Å². The summed E-state index contributed by atoms with van der Waals surface area (Å²) < 4.78 is 55.7. The number of aliphatic hydroxyl groups is 1. The molecule has 0 radical (unpaired) electrons. The quantitative estimate of drug-likeness (QED) is 0.865. The molecule has 0 aliphatic carbocycles. The lowest BCUT2D eigenvalue weighted by Crippen LogP contribution is -2.10. The van der Waals surface area contributed by atoms with Gasteiger partial charge in [-0.15, -0.1) is 0 Å². The van der Waals surface area contributed by atoms with Crippen LogP contribution in [0.15, 0.2) is 41.0 Å². The fourth-order valence-electron chi connectivity index (χ4n) is 1.70. The van der Waals surface area contributed by atoms with E-state index in [0.29, 0.717) is 17.9 Å². The SMILES string of the molecule is OC(Cc1ccco1)c1ccc(F)c(C(F)(F)F)c1. The maximum absolute atomic E-state index is 13.1. The molecule has 0 aliphatic rings. The van der Waals surface area contributed by atoms with Crippen molar-refractivity contribution in [2.24, 2.45) is 0 Å². The summed E-state index contributed by atoms with van der Waals surface area (Å²) in [5, 5.41) is 9.82. The standard InChI is InChI=1S/C13H10F4O2/c14-11-4-3-8(6-10(11)13(15,16)17)12(18)7-9-2-1-5-19-9/h1-6,12,18H,7H2. The molecule has 6 heteroatoms. The summed E-state index contributed by atoms with van der Waals surface area (Å²) in [6.07, 6.45) is -4.55. The molecule has 1 heterocycles. The molecular formula is C13H10F4O2. The summed E-state index contributed by atoms with van der Waals surface area (Å²) in [6, 6.07) is 5.63. The number of alkyl halides is 3. The van der Waals surface area contributed by atoms with Crippen LogP contribution in [0.1, 0.15) is 23.0 Å². The van der Waals surface area contributed by atoms with Gasteiger partial charge in [-0.25, -0.2) is 4.39 Å². The number of halogens is 4. The van der Waals surface area contributed by atoms with E-state index in [4.69, 9.17) is 4.42 Å². The van der Waals surface area contributed by atoms with Gasteiger partial charge in [0.1, 0.15) is 11.6 Å². The molecule has 1 unspecified atom stereocenters. The third-order valence-electron chi connectivity index (χ3n) is 2.66. The van der Waals surface area contributed by atoms with Crippen LogP contribution in [0.2, 0.25) is 0 Å². The minimum atomic E-state index is -4.79. The Hall–Kier alpha value is -1.82. The molecule has 1 aromatic heterocycles. The lowest BCUT2D eigenvalue weighted by Gasteiger charge is -2.13. The third kappa shape index (κ3) is 3.14. The predicted molar refractivity (Wildman–Crippen MR) is 58.8 cm³/mol. The summed E-state index contributed by atoms with van der Waals surface area (Å²) in [5.74, 6) is -0.924. The molecule has 2 rings (SSSR count). The molecule has 2 aromatic rings. The number of benzene rings is 1. The second-order valence-electron chi connectivity index (χ2n) is 4.04. The topological polar surface area (TPSA) is 33.4 Å². The first-order valence-corrected chi connectivity index (χ1v) is 5.45. The third-order valence-corrected chi connectivity index (χ3v) is 2.66. The Morgan fingerprint density at radius 1 is 1.21 bits per heavy atom. The molecule has 0 saturated carbocycles. The molecule has 1 N–H and O–H groups in total. The molecule has 0 spiro atoms. The molecule has 0 fully saturated rings. The Balaban J connectivity index is 2.25. The predicted octanol–water partition coefficient (Wildman–Crippen LogP) is 3.71. The van der Waals surface area contributed by atoms with Crippen molar-refractivity contribution in [2.75, 3.05) is 0 Å². The van der Waals surface area contributed by atoms with Crippen molar-refractivity contribution < 1.29 is 27.1 Å². The van der Waals surface area contributed by atoms with Gasteiger partial charge in [0.15, 0.2) is 0 Å².